The first-order chi connectivity index (χ1) is 15.8. The molecule has 0 spiro atoms. The molecule has 0 bridgehead atoms. The standard InChI is InChI=1S/C24H22F3N3O2S/c1-15-20(23(31)28-9-10-32-2)14-29-30(15)21-8-4-6-17-13-19(33-22(17)21)12-16-5-3-7-18(11-16)24(25,26)27/h3-8,11,13-14H,9-10,12H2,1-2H3,(H,28,31). The van der Waals surface area contributed by atoms with Crippen LogP contribution >= 0.6 is 11.3 Å². The predicted octanol–water partition coefficient (Wildman–Crippen LogP) is 5.38. The van der Waals surface area contributed by atoms with Crippen LogP contribution in [0.4, 0.5) is 13.2 Å². The van der Waals surface area contributed by atoms with Crippen molar-refractivity contribution >= 4 is 27.3 Å². The molecule has 2 aromatic heterocycles. The minimum Gasteiger partial charge on any atom is -0.383 e. The molecule has 0 saturated heterocycles. The first-order valence-corrected chi connectivity index (χ1v) is 11.1. The van der Waals surface area contributed by atoms with E-state index in [0.29, 0.717) is 36.4 Å². The fourth-order valence-corrected chi connectivity index (χ4v) is 4.84. The number of alkyl halides is 3. The van der Waals surface area contributed by atoms with Crippen LogP contribution in [0.25, 0.3) is 15.8 Å². The number of halogens is 3. The van der Waals surface area contributed by atoms with E-state index in [0.717, 1.165) is 26.7 Å². The van der Waals surface area contributed by atoms with Crippen LogP contribution in [0.1, 0.15) is 32.1 Å². The Morgan fingerprint density at radius 1 is 1.18 bits per heavy atom. The van der Waals surface area contributed by atoms with Gasteiger partial charge in [-0.2, -0.15) is 18.3 Å². The Balaban J connectivity index is 1.64. The number of hydrogen-bond donors (Lipinski definition) is 1. The third-order valence-corrected chi connectivity index (χ3v) is 6.45. The van der Waals surface area contributed by atoms with Crippen LogP contribution in [-0.2, 0) is 17.3 Å². The van der Waals surface area contributed by atoms with Gasteiger partial charge < -0.3 is 10.1 Å². The van der Waals surface area contributed by atoms with Crippen LogP contribution in [-0.4, -0.2) is 35.9 Å². The SMILES string of the molecule is COCCNC(=O)c1cnn(-c2cccc3cc(Cc4cccc(C(F)(F)F)c4)sc23)c1C. The van der Waals surface area contributed by atoms with Gasteiger partial charge in [0.1, 0.15) is 0 Å². The Morgan fingerprint density at radius 3 is 2.73 bits per heavy atom. The number of carbonyl (C=O) groups is 1. The van der Waals surface area contributed by atoms with Crippen LogP contribution < -0.4 is 5.32 Å². The summed E-state index contributed by atoms with van der Waals surface area (Å²) in [5.74, 6) is -0.223. The Bertz CT molecular complexity index is 1290. The summed E-state index contributed by atoms with van der Waals surface area (Å²) in [5, 5.41) is 8.19. The van der Waals surface area contributed by atoms with Gasteiger partial charge >= 0.3 is 6.18 Å². The maximum Gasteiger partial charge on any atom is 0.416 e. The van der Waals surface area contributed by atoms with E-state index >= 15 is 0 Å². The number of nitrogens with one attached hydrogen (secondary N) is 1. The summed E-state index contributed by atoms with van der Waals surface area (Å²) in [6, 6.07) is 13.2. The minimum atomic E-state index is -4.37. The summed E-state index contributed by atoms with van der Waals surface area (Å²) >= 11 is 1.51. The van der Waals surface area contributed by atoms with Gasteiger partial charge in [0.25, 0.3) is 5.91 Å². The zero-order valence-corrected chi connectivity index (χ0v) is 18.9. The molecular weight excluding hydrogens is 451 g/mol. The molecule has 5 nitrogen and oxygen atoms in total. The molecule has 0 saturated carbocycles. The second-order valence-corrected chi connectivity index (χ2v) is 8.72. The highest BCUT2D eigenvalue weighted by Crippen LogP contribution is 2.34. The van der Waals surface area contributed by atoms with Gasteiger partial charge in [0, 0.05) is 25.0 Å². The summed E-state index contributed by atoms with van der Waals surface area (Å²) in [5.41, 5.74) is 1.95. The van der Waals surface area contributed by atoms with Crippen molar-refractivity contribution in [3.8, 4) is 5.69 Å². The highest BCUT2D eigenvalue weighted by Gasteiger charge is 2.30. The lowest BCUT2D eigenvalue weighted by atomic mass is 10.1. The second kappa shape index (κ2) is 9.36. The number of amides is 1. The quantitative estimate of drug-likeness (QED) is 0.367. The zero-order chi connectivity index (χ0) is 23.6. The van der Waals surface area contributed by atoms with E-state index in [2.05, 4.69) is 10.4 Å². The van der Waals surface area contributed by atoms with Crippen molar-refractivity contribution in [3.05, 3.63) is 82.0 Å². The van der Waals surface area contributed by atoms with E-state index < -0.39 is 11.7 Å². The van der Waals surface area contributed by atoms with Gasteiger partial charge in [0.05, 0.1) is 40.0 Å². The van der Waals surface area contributed by atoms with Crippen molar-refractivity contribution in [2.75, 3.05) is 20.3 Å². The van der Waals surface area contributed by atoms with Crippen LogP contribution in [0, 0.1) is 6.92 Å². The number of benzene rings is 2. The highest BCUT2D eigenvalue weighted by atomic mass is 32.1. The van der Waals surface area contributed by atoms with Crippen molar-refractivity contribution in [2.45, 2.75) is 19.5 Å². The predicted molar refractivity (Wildman–Crippen MR) is 122 cm³/mol. The maximum absolute atomic E-state index is 13.1. The molecule has 0 fully saturated rings. The summed E-state index contributed by atoms with van der Waals surface area (Å²) in [6.45, 7) is 2.65. The Morgan fingerprint density at radius 2 is 1.97 bits per heavy atom. The lowest BCUT2D eigenvalue weighted by Gasteiger charge is -2.08. The number of methoxy groups -OCH3 is 1. The van der Waals surface area contributed by atoms with E-state index in [9.17, 15) is 18.0 Å². The van der Waals surface area contributed by atoms with Crippen molar-refractivity contribution in [1.82, 2.24) is 15.1 Å². The average molecular weight is 474 g/mol. The van der Waals surface area contributed by atoms with Gasteiger partial charge in [-0.1, -0.05) is 30.3 Å². The number of hydrogen-bond acceptors (Lipinski definition) is 4. The van der Waals surface area contributed by atoms with Crippen molar-refractivity contribution in [2.24, 2.45) is 0 Å². The monoisotopic (exact) mass is 473 g/mol. The van der Waals surface area contributed by atoms with Crippen molar-refractivity contribution in [3.63, 3.8) is 0 Å². The van der Waals surface area contributed by atoms with Gasteiger partial charge in [-0.3, -0.25) is 4.79 Å². The molecule has 0 atom stereocenters. The minimum absolute atomic E-state index is 0.223. The normalized spacial score (nSPS) is 11.8. The highest BCUT2D eigenvalue weighted by molar-refractivity contribution is 7.19. The Labute approximate surface area is 192 Å². The first kappa shape index (κ1) is 23.0. The molecule has 1 N–H and O–H groups in total. The molecule has 4 rings (SSSR count). The van der Waals surface area contributed by atoms with E-state index in [1.807, 2.05) is 31.2 Å². The first-order valence-electron chi connectivity index (χ1n) is 10.3. The molecule has 172 valence electrons. The van der Waals surface area contributed by atoms with Gasteiger partial charge in [0.2, 0.25) is 0 Å². The van der Waals surface area contributed by atoms with Crippen LogP contribution in [0.15, 0.2) is 54.7 Å². The molecule has 9 heteroatoms. The van der Waals surface area contributed by atoms with Gasteiger partial charge in [-0.05, 0) is 36.1 Å². The Kier molecular flexibility index (Phi) is 6.53. The van der Waals surface area contributed by atoms with Gasteiger partial charge in [-0.15, -0.1) is 11.3 Å². The molecule has 0 aliphatic rings. The molecule has 2 heterocycles. The van der Waals surface area contributed by atoms with Crippen molar-refractivity contribution in [1.29, 1.82) is 0 Å². The van der Waals surface area contributed by atoms with Crippen LogP contribution in [0.3, 0.4) is 0 Å². The van der Waals surface area contributed by atoms with Crippen molar-refractivity contribution < 1.29 is 22.7 Å². The number of nitrogens with zero attached hydrogens (tertiary/aromatic N) is 2. The third kappa shape index (κ3) is 4.94. The molecule has 0 aliphatic heterocycles. The molecule has 0 aliphatic carbocycles. The average Bonchev–Trinajstić information content (AvgIpc) is 3.36. The number of fused-ring (bicyclic) bond motifs is 1. The van der Waals surface area contributed by atoms with E-state index in [1.54, 1.807) is 17.9 Å². The molecule has 4 aromatic rings. The molecule has 2 aromatic carbocycles. The van der Waals surface area contributed by atoms with Gasteiger partial charge in [0.15, 0.2) is 0 Å². The topological polar surface area (TPSA) is 56.1 Å². The largest absolute Gasteiger partial charge is 0.416 e. The fourth-order valence-electron chi connectivity index (χ4n) is 3.65. The lowest BCUT2D eigenvalue weighted by molar-refractivity contribution is -0.137. The van der Waals surface area contributed by atoms with Crippen LogP contribution in [0.5, 0.6) is 0 Å². The molecule has 33 heavy (non-hydrogen) atoms. The molecule has 0 radical (unpaired) electrons. The van der Waals surface area contributed by atoms with Crippen LogP contribution in [0.2, 0.25) is 0 Å². The summed E-state index contributed by atoms with van der Waals surface area (Å²) < 4.78 is 46.8. The zero-order valence-electron chi connectivity index (χ0n) is 18.1. The molecular formula is C24H22F3N3O2S. The number of aromatic nitrogens is 2. The number of carbonyl (C=O) groups excluding carboxylic acids is 1. The smallest absolute Gasteiger partial charge is 0.383 e. The number of rotatable bonds is 7. The second-order valence-electron chi connectivity index (χ2n) is 7.59. The van der Waals surface area contributed by atoms with E-state index in [1.165, 1.54) is 29.7 Å². The molecule has 0 unspecified atom stereocenters. The fraction of sp³-hybridized carbons (Fsp3) is 0.250. The summed E-state index contributed by atoms with van der Waals surface area (Å²) in [4.78, 5) is 13.4. The Hall–Kier alpha value is -3.17. The van der Waals surface area contributed by atoms with Gasteiger partial charge in [-0.25, -0.2) is 4.68 Å². The number of thiophene rings is 1. The summed E-state index contributed by atoms with van der Waals surface area (Å²) in [6.07, 6.45) is -2.43. The summed E-state index contributed by atoms with van der Waals surface area (Å²) in [7, 11) is 1.57. The number of ether oxygens (including phenoxy) is 1. The molecule has 1 amide bonds. The lowest BCUT2D eigenvalue weighted by Crippen LogP contribution is -2.27. The maximum atomic E-state index is 13.1. The van der Waals surface area contributed by atoms with E-state index in [-0.39, 0.29) is 5.91 Å². The van der Waals surface area contributed by atoms with E-state index in [4.69, 9.17) is 4.74 Å². The third-order valence-electron chi connectivity index (χ3n) is 5.28.